The molecule has 1 aromatic heterocycles. The molecule has 1 saturated carbocycles. The predicted molar refractivity (Wildman–Crippen MR) is 52.8 cm³/mol. The number of aliphatic hydroxyl groups is 1. The van der Waals surface area contributed by atoms with E-state index in [4.69, 9.17) is 11.6 Å². The number of rotatable bonds is 2. The first-order chi connectivity index (χ1) is 6.97. The first-order valence-corrected chi connectivity index (χ1v) is 4.94. The molecule has 0 spiro atoms. The van der Waals surface area contributed by atoms with E-state index in [0.717, 1.165) is 0 Å². The number of carboxylic acid groups (broad SMARTS) is 1. The van der Waals surface area contributed by atoms with E-state index < -0.39 is 17.5 Å². The molecule has 0 radical (unpaired) electrons. The number of aliphatic carboxylic acids is 1. The lowest BCUT2D eigenvalue weighted by atomic mass is 9.65. The van der Waals surface area contributed by atoms with Gasteiger partial charge in [0, 0.05) is 7.05 Å². The first kappa shape index (κ1) is 10.4. The molecule has 1 aliphatic carbocycles. The summed E-state index contributed by atoms with van der Waals surface area (Å²) in [6.07, 6.45) is 1.31. The Balaban J connectivity index is 2.47. The molecule has 0 unspecified atom stereocenters. The fourth-order valence-electron chi connectivity index (χ4n) is 2.15. The van der Waals surface area contributed by atoms with Crippen LogP contribution in [0.15, 0.2) is 6.33 Å². The van der Waals surface area contributed by atoms with Crippen molar-refractivity contribution in [2.24, 2.45) is 7.05 Å². The van der Waals surface area contributed by atoms with Gasteiger partial charge in [0.2, 0.25) is 0 Å². The molecule has 6 heteroatoms. The highest BCUT2D eigenvalue weighted by molar-refractivity contribution is 6.30. The molecule has 0 atom stereocenters. The van der Waals surface area contributed by atoms with Gasteiger partial charge in [-0.2, -0.15) is 0 Å². The van der Waals surface area contributed by atoms with Gasteiger partial charge >= 0.3 is 5.97 Å². The van der Waals surface area contributed by atoms with Crippen molar-refractivity contribution in [2.75, 3.05) is 0 Å². The van der Waals surface area contributed by atoms with Gasteiger partial charge in [0.05, 0.1) is 18.1 Å². The van der Waals surface area contributed by atoms with Crippen molar-refractivity contribution < 1.29 is 15.0 Å². The lowest BCUT2D eigenvalue weighted by Gasteiger charge is -2.41. The van der Waals surface area contributed by atoms with Crippen molar-refractivity contribution in [1.82, 2.24) is 9.55 Å². The number of nitrogens with zero attached hydrogens (tertiary/aromatic N) is 2. The number of hydrogen-bond acceptors (Lipinski definition) is 3. The molecular formula is C9H11ClN2O3. The van der Waals surface area contributed by atoms with E-state index in [1.54, 1.807) is 11.6 Å². The van der Waals surface area contributed by atoms with E-state index in [-0.39, 0.29) is 18.0 Å². The molecule has 0 bridgehead atoms. The van der Waals surface area contributed by atoms with Gasteiger partial charge in [-0.1, -0.05) is 11.6 Å². The van der Waals surface area contributed by atoms with E-state index in [1.807, 2.05) is 0 Å². The minimum Gasteiger partial charge on any atom is -0.481 e. The Kier molecular flexibility index (Phi) is 2.24. The average molecular weight is 231 g/mol. The van der Waals surface area contributed by atoms with Crippen LogP contribution in [0.3, 0.4) is 0 Å². The van der Waals surface area contributed by atoms with Gasteiger partial charge in [-0.15, -0.1) is 0 Å². The Labute approximate surface area is 91.3 Å². The van der Waals surface area contributed by atoms with Crippen LogP contribution >= 0.6 is 11.6 Å². The smallest absolute Gasteiger partial charge is 0.315 e. The summed E-state index contributed by atoms with van der Waals surface area (Å²) >= 11 is 5.86. The highest BCUT2D eigenvalue weighted by atomic mass is 35.5. The van der Waals surface area contributed by atoms with Gasteiger partial charge in [0.15, 0.2) is 5.15 Å². The summed E-state index contributed by atoms with van der Waals surface area (Å²) in [4.78, 5) is 15.1. The zero-order valence-electron chi connectivity index (χ0n) is 8.14. The predicted octanol–water partition coefficient (Wildman–Crippen LogP) is 0.551. The molecule has 1 fully saturated rings. The first-order valence-electron chi connectivity index (χ1n) is 4.56. The van der Waals surface area contributed by atoms with Crippen LogP contribution in [0, 0.1) is 0 Å². The Morgan fingerprint density at radius 2 is 2.33 bits per heavy atom. The molecule has 2 rings (SSSR count). The quantitative estimate of drug-likeness (QED) is 0.778. The summed E-state index contributed by atoms with van der Waals surface area (Å²) in [6, 6.07) is 0. The maximum absolute atomic E-state index is 11.2. The van der Waals surface area contributed by atoms with Crippen LogP contribution in [0.4, 0.5) is 0 Å². The molecule has 82 valence electrons. The minimum atomic E-state index is -1.07. The third-order valence-corrected chi connectivity index (χ3v) is 3.20. The summed E-state index contributed by atoms with van der Waals surface area (Å²) in [7, 11) is 1.70. The molecule has 1 heterocycles. The summed E-state index contributed by atoms with van der Waals surface area (Å²) in [5.74, 6) is -0.960. The van der Waals surface area contributed by atoms with Crippen molar-refractivity contribution in [1.29, 1.82) is 0 Å². The largest absolute Gasteiger partial charge is 0.481 e. The van der Waals surface area contributed by atoms with Crippen molar-refractivity contribution in [3.63, 3.8) is 0 Å². The molecule has 5 nitrogen and oxygen atoms in total. The summed E-state index contributed by atoms with van der Waals surface area (Å²) in [5.41, 5.74) is -0.594. The van der Waals surface area contributed by atoms with Crippen LogP contribution in [0.2, 0.25) is 5.15 Å². The molecule has 2 N–H and O–H groups in total. The fraction of sp³-hybridized carbons (Fsp3) is 0.556. The highest BCUT2D eigenvalue weighted by Crippen LogP contribution is 2.46. The SMILES string of the molecule is Cn1cnc(Cl)c1C1(C(=O)O)CC(O)C1. The second-order valence-electron chi connectivity index (χ2n) is 3.94. The second kappa shape index (κ2) is 3.21. The molecule has 15 heavy (non-hydrogen) atoms. The Morgan fingerprint density at radius 3 is 2.67 bits per heavy atom. The molecule has 0 aliphatic heterocycles. The van der Waals surface area contributed by atoms with Crippen LogP contribution in [-0.4, -0.2) is 31.8 Å². The number of imidazole rings is 1. The zero-order valence-corrected chi connectivity index (χ0v) is 8.90. The monoisotopic (exact) mass is 230 g/mol. The maximum atomic E-state index is 11.2. The van der Waals surface area contributed by atoms with E-state index in [1.165, 1.54) is 6.33 Å². The van der Waals surface area contributed by atoms with E-state index in [9.17, 15) is 15.0 Å². The Hall–Kier alpha value is -1.07. The minimum absolute atomic E-state index is 0.196. The normalized spacial score (nSPS) is 29.9. The van der Waals surface area contributed by atoms with Crippen molar-refractivity contribution in [2.45, 2.75) is 24.4 Å². The van der Waals surface area contributed by atoms with E-state index >= 15 is 0 Å². The number of hydrogen-bond donors (Lipinski definition) is 2. The number of carbonyl (C=O) groups is 1. The van der Waals surface area contributed by atoms with Gasteiger partial charge in [-0.25, -0.2) is 4.98 Å². The molecule has 0 aromatic carbocycles. The van der Waals surface area contributed by atoms with Gasteiger partial charge in [-0.05, 0) is 12.8 Å². The Bertz CT molecular complexity index is 390. The van der Waals surface area contributed by atoms with E-state index in [0.29, 0.717) is 5.69 Å². The van der Waals surface area contributed by atoms with Gasteiger partial charge < -0.3 is 14.8 Å². The molecule has 1 aromatic rings. The fourth-order valence-corrected chi connectivity index (χ4v) is 2.51. The van der Waals surface area contributed by atoms with Crippen LogP contribution in [0.25, 0.3) is 0 Å². The van der Waals surface area contributed by atoms with Crippen molar-refractivity contribution in [3.8, 4) is 0 Å². The van der Waals surface area contributed by atoms with Crippen LogP contribution < -0.4 is 0 Å². The van der Waals surface area contributed by atoms with Crippen LogP contribution in [0.5, 0.6) is 0 Å². The lowest BCUT2D eigenvalue weighted by Crippen LogP contribution is -2.51. The summed E-state index contributed by atoms with van der Waals surface area (Å²) in [6.45, 7) is 0. The average Bonchev–Trinajstić information content (AvgIpc) is 2.41. The number of halogens is 1. The Morgan fingerprint density at radius 1 is 1.73 bits per heavy atom. The van der Waals surface area contributed by atoms with Crippen LogP contribution in [-0.2, 0) is 17.3 Å². The molecule has 1 aliphatic rings. The zero-order chi connectivity index (χ0) is 11.2. The molecule has 0 saturated heterocycles. The van der Waals surface area contributed by atoms with Crippen LogP contribution in [0.1, 0.15) is 18.5 Å². The third kappa shape index (κ3) is 1.34. The topological polar surface area (TPSA) is 75.4 Å². The lowest BCUT2D eigenvalue weighted by molar-refractivity contribution is -0.153. The molecular weight excluding hydrogens is 220 g/mol. The highest BCUT2D eigenvalue weighted by Gasteiger charge is 2.54. The van der Waals surface area contributed by atoms with Crippen molar-refractivity contribution >= 4 is 17.6 Å². The van der Waals surface area contributed by atoms with Gasteiger partial charge in [0.25, 0.3) is 0 Å². The number of aromatic nitrogens is 2. The van der Waals surface area contributed by atoms with Gasteiger partial charge in [-0.3, -0.25) is 4.79 Å². The van der Waals surface area contributed by atoms with Gasteiger partial charge in [0.1, 0.15) is 5.41 Å². The summed E-state index contributed by atoms with van der Waals surface area (Å²) < 4.78 is 1.60. The number of aryl methyl sites for hydroxylation is 1. The number of carboxylic acids is 1. The molecule has 0 amide bonds. The summed E-state index contributed by atoms with van der Waals surface area (Å²) in [5, 5.41) is 18.7. The van der Waals surface area contributed by atoms with E-state index in [2.05, 4.69) is 4.98 Å². The van der Waals surface area contributed by atoms with Crippen molar-refractivity contribution in [3.05, 3.63) is 17.2 Å². The second-order valence-corrected chi connectivity index (χ2v) is 4.30. The number of aliphatic hydroxyl groups excluding tert-OH is 1. The third-order valence-electron chi connectivity index (χ3n) is 2.92. The standard InChI is InChI=1S/C9H11ClN2O3/c1-12-4-11-7(10)6(12)9(8(14)15)2-5(13)3-9/h4-5,13H,2-3H2,1H3,(H,14,15). The maximum Gasteiger partial charge on any atom is 0.315 e.